The van der Waals surface area contributed by atoms with E-state index < -0.39 is 31.7 Å². The van der Waals surface area contributed by atoms with Crippen LogP contribution in [0, 0.1) is 0 Å². The van der Waals surface area contributed by atoms with Gasteiger partial charge in [-0.2, -0.15) is 21.4 Å². The van der Waals surface area contributed by atoms with Crippen molar-refractivity contribution in [1.82, 2.24) is 0 Å². The number of ether oxygens (including phenoxy) is 1. The van der Waals surface area contributed by atoms with Crippen molar-refractivity contribution in [1.29, 1.82) is 0 Å². The Labute approximate surface area is 225 Å². The van der Waals surface area contributed by atoms with Crippen molar-refractivity contribution < 1.29 is 39.7 Å². The second-order valence-electron chi connectivity index (χ2n) is 9.07. The zero-order chi connectivity index (χ0) is 27.8. The fourth-order valence-corrected chi connectivity index (χ4v) is 5.40. The number of anilines is 1. The average molecular weight is 572 g/mol. The highest BCUT2D eigenvalue weighted by Crippen LogP contribution is 2.39. The van der Waals surface area contributed by atoms with E-state index in [1.165, 1.54) is 0 Å². The van der Waals surface area contributed by atoms with Gasteiger partial charge in [-0.25, -0.2) is 0 Å². The summed E-state index contributed by atoms with van der Waals surface area (Å²) >= 11 is 0. The molecule has 4 aromatic rings. The third kappa shape index (κ3) is 5.98. The standard InChI is InChI=1S/C27H26N2O8S2/c1-2-19(17-25-28(13-15-38(30,31)32)22-9-5-6-10-23(22)36-25)18-26-29(14-16-39(33,34)35)27-21-8-4-3-7-20(21)11-12-24(27)37-26/h3-12,17-18H,2,13-16H2,1H3,(H-,30,31,32,33,34,35)/p+1. The number of hydrogen-bond acceptors (Lipinski definition) is 7. The third-order valence-corrected chi connectivity index (χ3v) is 7.82. The van der Waals surface area contributed by atoms with Gasteiger partial charge in [-0.05, 0) is 41.6 Å². The molecule has 1 aliphatic rings. The summed E-state index contributed by atoms with van der Waals surface area (Å²) in [6.07, 6.45) is 4.05. The lowest BCUT2D eigenvalue weighted by atomic mass is 10.1. The number of benzene rings is 3. The Morgan fingerprint density at radius 1 is 0.949 bits per heavy atom. The van der Waals surface area contributed by atoms with E-state index in [0.717, 1.165) is 16.3 Å². The lowest BCUT2D eigenvalue weighted by Crippen LogP contribution is -2.38. The maximum absolute atomic E-state index is 11.6. The first kappa shape index (κ1) is 26.9. The fourth-order valence-electron chi connectivity index (χ4n) is 4.57. The largest absolute Gasteiger partial charge is 0.439 e. The van der Waals surface area contributed by atoms with Crippen LogP contribution in [0.2, 0.25) is 0 Å². The van der Waals surface area contributed by atoms with E-state index in [2.05, 4.69) is 0 Å². The van der Waals surface area contributed by atoms with Crippen LogP contribution in [0.1, 0.15) is 19.2 Å². The Kier molecular flexibility index (Phi) is 7.21. The summed E-state index contributed by atoms with van der Waals surface area (Å²) in [5.74, 6) is 0.311. The van der Waals surface area contributed by atoms with E-state index in [1.54, 1.807) is 45.9 Å². The second kappa shape index (κ2) is 10.5. The number of rotatable bonds is 9. The molecule has 10 nitrogen and oxygen atoms in total. The van der Waals surface area contributed by atoms with Crippen LogP contribution in [-0.2, 0) is 26.8 Å². The van der Waals surface area contributed by atoms with E-state index in [-0.39, 0.29) is 13.1 Å². The molecule has 3 aromatic carbocycles. The summed E-state index contributed by atoms with van der Waals surface area (Å²) in [5.41, 5.74) is 2.67. The van der Waals surface area contributed by atoms with Crippen LogP contribution in [0.3, 0.4) is 0 Å². The van der Waals surface area contributed by atoms with Crippen molar-refractivity contribution in [2.75, 3.05) is 23.0 Å². The summed E-state index contributed by atoms with van der Waals surface area (Å²) < 4.78 is 78.8. The molecular weight excluding hydrogens is 544 g/mol. The van der Waals surface area contributed by atoms with Crippen LogP contribution >= 0.6 is 0 Å². The molecule has 0 spiro atoms. The number of aromatic nitrogens is 1. The van der Waals surface area contributed by atoms with Crippen molar-refractivity contribution in [2.45, 2.75) is 19.9 Å². The van der Waals surface area contributed by atoms with Gasteiger partial charge in [-0.15, -0.1) is 0 Å². The topological polar surface area (TPSA) is 138 Å². The van der Waals surface area contributed by atoms with Gasteiger partial charge in [0, 0.05) is 12.6 Å². The van der Waals surface area contributed by atoms with E-state index in [1.807, 2.05) is 43.3 Å². The number of para-hydroxylation sites is 2. The van der Waals surface area contributed by atoms with E-state index >= 15 is 0 Å². The predicted molar refractivity (Wildman–Crippen MR) is 148 cm³/mol. The summed E-state index contributed by atoms with van der Waals surface area (Å²) in [7, 11) is -8.44. The van der Waals surface area contributed by atoms with E-state index in [0.29, 0.717) is 40.7 Å². The van der Waals surface area contributed by atoms with E-state index in [9.17, 15) is 25.9 Å². The number of allylic oxidation sites excluding steroid dienone is 2. The first-order valence-corrected chi connectivity index (χ1v) is 15.5. The molecule has 0 radical (unpaired) electrons. The highest BCUT2D eigenvalue weighted by molar-refractivity contribution is 7.86. The Bertz CT molecular complexity index is 1840. The normalized spacial score (nSPS) is 15.3. The molecule has 204 valence electrons. The zero-order valence-electron chi connectivity index (χ0n) is 21.0. The van der Waals surface area contributed by atoms with Crippen LogP contribution in [0.5, 0.6) is 5.75 Å². The molecule has 0 fully saturated rings. The Hall–Kier alpha value is -3.71. The molecule has 39 heavy (non-hydrogen) atoms. The summed E-state index contributed by atoms with van der Waals surface area (Å²) in [4.78, 5) is 1.67. The third-order valence-electron chi connectivity index (χ3n) is 6.42. The molecule has 2 N–H and O–H groups in total. The van der Waals surface area contributed by atoms with Crippen molar-refractivity contribution in [3.63, 3.8) is 0 Å². The Balaban J connectivity index is 1.61. The lowest BCUT2D eigenvalue weighted by Gasteiger charge is -2.17. The quantitative estimate of drug-likeness (QED) is 0.224. The van der Waals surface area contributed by atoms with Crippen LogP contribution < -0.4 is 14.2 Å². The van der Waals surface area contributed by atoms with Gasteiger partial charge in [-0.1, -0.05) is 43.3 Å². The fraction of sp³-hybridized carbons (Fsp3) is 0.222. The molecule has 0 saturated heterocycles. The van der Waals surface area contributed by atoms with Crippen LogP contribution in [0.25, 0.3) is 27.9 Å². The van der Waals surface area contributed by atoms with Gasteiger partial charge >= 0.3 is 5.89 Å². The van der Waals surface area contributed by atoms with Gasteiger partial charge in [0.1, 0.15) is 5.75 Å². The summed E-state index contributed by atoms with van der Waals surface area (Å²) in [6, 6.07) is 18.6. The van der Waals surface area contributed by atoms with Crippen LogP contribution in [0.15, 0.2) is 82.6 Å². The summed E-state index contributed by atoms with van der Waals surface area (Å²) in [5, 5.41) is 1.82. The molecule has 1 aliphatic heterocycles. The highest BCUT2D eigenvalue weighted by Gasteiger charge is 2.28. The molecule has 0 atom stereocenters. The number of hydrogen-bond donors (Lipinski definition) is 2. The Morgan fingerprint density at radius 3 is 2.41 bits per heavy atom. The van der Waals surface area contributed by atoms with Crippen molar-refractivity contribution in [3.05, 3.63) is 84.1 Å². The SMILES string of the molecule is CCC(=Cc1oc2ccc3ccccc3c2[n+]1CCS(=O)(=O)O)C=C1Oc2ccccc2N1CCS(=O)(=O)O. The monoisotopic (exact) mass is 571 g/mol. The number of fused-ring (bicyclic) bond motifs is 4. The first-order valence-electron chi connectivity index (χ1n) is 12.2. The molecular formula is C27H27N2O8S2+. The zero-order valence-corrected chi connectivity index (χ0v) is 22.7. The molecule has 5 rings (SSSR count). The van der Waals surface area contributed by atoms with Crippen molar-refractivity contribution in [3.8, 4) is 5.75 Å². The maximum Gasteiger partial charge on any atom is 0.374 e. The summed E-state index contributed by atoms with van der Waals surface area (Å²) in [6.45, 7) is 1.86. The minimum Gasteiger partial charge on any atom is -0.439 e. The van der Waals surface area contributed by atoms with Gasteiger partial charge in [-0.3, -0.25) is 9.11 Å². The van der Waals surface area contributed by atoms with Gasteiger partial charge < -0.3 is 14.1 Å². The maximum atomic E-state index is 11.6. The molecule has 12 heteroatoms. The average Bonchev–Trinajstić information content (AvgIpc) is 3.42. The Morgan fingerprint density at radius 2 is 1.67 bits per heavy atom. The lowest BCUT2D eigenvalue weighted by molar-refractivity contribution is -0.672. The molecule has 2 heterocycles. The van der Waals surface area contributed by atoms with Crippen LogP contribution in [0.4, 0.5) is 5.69 Å². The minimum absolute atomic E-state index is 0.0241. The molecule has 0 bridgehead atoms. The number of oxazole rings is 1. The molecule has 1 aromatic heterocycles. The van der Waals surface area contributed by atoms with Crippen LogP contribution in [-0.4, -0.2) is 44.0 Å². The second-order valence-corrected chi connectivity index (χ2v) is 12.2. The van der Waals surface area contributed by atoms with Gasteiger partial charge in [0.2, 0.25) is 11.5 Å². The first-order chi connectivity index (χ1) is 18.5. The van der Waals surface area contributed by atoms with E-state index in [4.69, 9.17) is 9.15 Å². The molecule has 0 unspecified atom stereocenters. The predicted octanol–water partition coefficient (Wildman–Crippen LogP) is 4.18. The van der Waals surface area contributed by atoms with Crippen molar-refractivity contribution >= 4 is 53.9 Å². The highest BCUT2D eigenvalue weighted by atomic mass is 32.2. The molecule has 0 aliphatic carbocycles. The molecule has 0 amide bonds. The van der Waals surface area contributed by atoms with Gasteiger partial charge in [0.15, 0.2) is 12.3 Å². The molecule has 0 saturated carbocycles. The number of aryl methyl sites for hydroxylation is 1. The van der Waals surface area contributed by atoms with Gasteiger partial charge in [0.05, 0.1) is 22.9 Å². The smallest absolute Gasteiger partial charge is 0.374 e. The van der Waals surface area contributed by atoms with Crippen molar-refractivity contribution in [2.24, 2.45) is 0 Å². The number of nitrogens with zero attached hydrogens (tertiary/aromatic N) is 2. The minimum atomic E-state index is -4.24. The van der Waals surface area contributed by atoms with Gasteiger partial charge in [0.25, 0.3) is 25.8 Å².